The van der Waals surface area contributed by atoms with Crippen molar-refractivity contribution >= 4 is 6.47 Å². The zero-order valence-electron chi connectivity index (χ0n) is 24.0. The summed E-state index contributed by atoms with van der Waals surface area (Å²) in [4.78, 5) is 17.6. The number of ether oxygens (including phenoxy) is 3. The third kappa shape index (κ3) is 5.82. The lowest BCUT2D eigenvalue weighted by Gasteiger charge is -2.37. The summed E-state index contributed by atoms with van der Waals surface area (Å²) in [5, 5.41) is 0. The van der Waals surface area contributed by atoms with Gasteiger partial charge >= 0.3 is 0 Å². The highest BCUT2D eigenvalue weighted by atomic mass is 19.1. The van der Waals surface area contributed by atoms with Gasteiger partial charge in [0.05, 0.1) is 13.3 Å². The molecule has 6 nitrogen and oxygen atoms in total. The minimum Gasteiger partial charge on any atom is -0.485 e. The van der Waals surface area contributed by atoms with Crippen LogP contribution in [0.15, 0.2) is 48.7 Å². The average molecular weight is 559 g/mol. The van der Waals surface area contributed by atoms with Gasteiger partial charge in [-0.1, -0.05) is 36.8 Å². The molecule has 216 valence electrons. The van der Waals surface area contributed by atoms with Crippen molar-refractivity contribution < 1.29 is 23.4 Å². The Morgan fingerprint density at radius 3 is 2.63 bits per heavy atom. The number of methoxy groups -OCH3 is 1. The van der Waals surface area contributed by atoms with Crippen LogP contribution in [0.4, 0.5) is 4.39 Å². The maximum Gasteiger partial charge on any atom is 0.293 e. The van der Waals surface area contributed by atoms with Crippen molar-refractivity contribution in [1.82, 2.24) is 9.88 Å². The number of aromatic nitrogens is 1. The molecule has 0 bridgehead atoms. The Balaban J connectivity index is 1.30. The van der Waals surface area contributed by atoms with Crippen molar-refractivity contribution in [2.75, 3.05) is 20.2 Å². The summed E-state index contributed by atoms with van der Waals surface area (Å²) in [5.74, 6) is 1.65. The van der Waals surface area contributed by atoms with E-state index in [4.69, 9.17) is 14.2 Å². The largest absolute Gasteiger partial charge is 0.485 e. The van der Waals surface area contributed by atoms with Gasteiger partial charge in [-0.25, -0.2) is 9.37 Å². The molecule has 0 spiro atoms. The smallest absolute Gasteiger partial charge is 0.293 e. The number of fused-ring (bicyclic) bond motifs is 1. The Morgan fingerprint density at radius 1 is 1.07 bits per heavy atom. The van der Waals surface area contributed by atoms with Gasteiger partial charge in [0.25, 0.3) is 6.47 Å². The molecule has 2 aromatic carbocycles. The van der Waals surface area contributed by atoms with Crippen molar-refractivity contribution in [2.45, 2.75) is 76.5 Å². The summed E-state index contributed by atoms with van der Waals surface area (Å²) in [5.41, 5.74) is 5.95. The van der Waals surface area contributed by atoms with Crippen LogP contribution >= 0.6 is 0 Å². The van der Waals surface area contributed by atoms with Crippen LogP contribution in [0.25, 0.3) is 11.1 Å². The molecule has 3 aromatic rings. The van der Waals surface area contributed by atoms with Crippen LogP contribution in [0.3, 0.4) is 0 Å². The normalized spacial score (nSPS) is 20.4. The Hall–Kier alpha value is -3.45. The number of aryl methyl sites for hydroxylation is 1. The third-order valence-electron chi connectivity index (χ3n) is 9.28. The lowest BCUT2D eigenvalue weighted by Crippen LogP contribution is -2.30. The van der Waals surface area contributed by atoms with E-state index in [-0.39, 0.29) is 23.9 Å². The predicted molar refractivity (Wildman–Crippen MR) is 156 cm³/mol. The fraction of sp³-hybridized carbons (Fsp3) is 0.471. The highest BCUT2D eigenvalue weighted by molar-refractivity contribution is 5.69. The molecule has 3 heterocycles. The molecule has 0 amide bonds. The Bertz CT molecular complexity index is 1390. The number of rotatable bonds is 10. The van der Waals surface area contributed by atoms with Crippen molar-refractivity contribution in [3.8, 4) is 22.8 Å². The fourth-order valence-electron chi connectivity index (χ4n) is 6.85. The van der Waals surface area contributed by atoms with Gasteiger partial charge in [0.1, 0.15) is 23.8 Å². The zero-order valence-corrected chi connectivity index (χ0v) is 24.0. The number of hydrogen-bond donors (Lipinski definition) is 0. The second-order valence-corrected chi connectivity index (χ2v) is 11.8. The lowest BCUT2D eigenvalue weighted by atomic mass is 9.70. The molecule has 3 aliphatic rings. The van der Waals surface area contributed by atoms with Crippen LogP contribution in [0, 0.1) is 11.7 Å². The minimum absolute atomic E-state index is 0.0910. The molecule has 1 saturated heterocycles. The van der Waals surface area contributed by atoms with Crippen LogP contribution in [-0.2, 0) is 22.5 Å². The van der Waals surface area contributed by atoms with Gasteiger partial charge < -0.3 is 14.2 Å². The highest BCUT2D eigenvalue weighted by Gasteiger charge is 2.34. The maximum absolute atomic E-state index is 15.0. The van der Waals surface area contributed by atoms with Gasteiger partial charge in [0.2, 0.25) is 5.88 Å². The maximum atomic E-state index is 15.0. The molecular weight excluding hydrogens is 519 g/mol. The monoisotopic (exact) mass is 558 g/mol. The van der Waals surface area contributed by atoms with Crippen molar-refractivity contribution in [3.63, 3.8) is 0 Å². The van der Waals surface area contributed by atoms with E-state index in [0.717, 1.165) is 67.8 Å². The average Bonchev–Trinajstić information content (AvgIpc) is 3.48. The highest BCUT2D eigenvalue weighted by Crippen LogP contribution is 2.45. The van der Waals surface area contributed by atoms with E-state index < -0.39 is 0 Å². The van der Waals surface area contributed by atoms with Crippen LogP contribution in [-0.4, -0.2) is 42.7 Å². The molecule has 0 N–H and O–H groups in total. The second kappa shape index (κ2) is 12.2. The molecular formula is C34H39FN2O4. The number of halogens is 1. The van der Waals surface area contributed by atoms with Crippen LogP contribution in [0.2, 0.25) is 0 Å². The van der Waals surface area contributed by atoms with Gasteiger partial charge in [-0.2, -0.15) is 0 Å². The van der Waals surface area contributed by atoms with Gasteiger partial charge in [-0.3, -0.25) is 9.69 Å². The Kier molecular flexibility index (Phi) is 8.24. The first-order valence-corrected chi connectivity index (χ1v) is 15.0. The first-order valence-electron chi connectivity index (χ1n) is 15.0. The molecule has 0 unspecified atom stereocenters. The lowest BCUT2D eigenvalue weighted by molar-refractivity contribution is -0.134. The number of likely N-dealkylation sites (tertiary alicyclic amines) is 1. The van der Waals surface area contributed by atoms with Crippen molar-refractivity contribution in [1.29, 1.82) is 0 Å². The third-order valence-corrected chi connectivity index (χ3v) is 9.28. The topological polar surface area (TPSA) is 60.9 Å². The molecule has 6 rings (SSSR count). The van der Waals surface area contributed by atoms with E-state index in [1.165, 1.54) is 36.6 Å². The number of benzene rings is 2. The van der Waals surface area contributed by atoms with Crippen molar-refractivity contribution in [3.05, 3.63) is 76.7 Å². The molecule has 1 saturated carbocycles. The molecule has 1 aliphatic carbocycles. The molecule has 2 aliphatic heterocycles. The Labute approximate surface area is 241 Å². The molecule has 7 heteroatoms. The quantitative estimate of drug-likeness (QED) is 0.250. The van der Waals surface area contributed by atoms with Crippen molar-refractivity contribution in [2.24, 2.45) is 5.92 Å². The van der Waals surface area contributed by atoms with E-state index >= 15 is 4.39 Å². The van der Waals surface area contributed by atoms with E-state index in [9.17, 15) is 4.79 Å². The summed E-state index contributed by atoms with van der Waals surface area (Å²) in [6.45, 7) is 5.43. The number of hydrogen-bond acceptors (Lipinski definition) is 6. The molecule has 41 heavy (non-hydrogen) atoms. The van der Waals surface area contributed by atoms with E-state index in [1.807, 2.05) is 13.0 Å². The van der Waals surface area contributed by atoms with Gasteiger partial charge in [-0.05, 0) is 98.3 Å². The van der Waals surface area contributed by atoms with Crippen LogP contribution in [0.5, 0.6) is 11.6 Å². The first kappa shape index (κ1) is 27.7. The SMILES string of the molecule is COc1cc(-c2ccc([C@@H]3CCc4ccc([C@H](C5CCC5)[C@H](C)OC=O)cc4O3)cc2CN2CCCC2)c(F)cn1. The molecule has 3 atom stereocenters. The van der Waals surface area contributed by atoms with E-state index in [0.29, 0.717) is 23.8 Å². The summed E-state index contributed by atoms with van der Waals surface area (Å²) in [6.07, 6.45) is 8.70. The van der Waals surface area contributed by atoms with Gasteiger partial charge in [0.15, 0.2) is 0 Å². The summed E-state index contributed by atoms with van der Waals surface area (Å²) in [7, 11) is 1.55. The number of nitrogens with zero attached hydrogens (tertiary/aromatic N) is 2. The minimum atomic E-state index is -0.356. The van der Waals surface area contributed by atoms with Crippen LogP contribution in [0.1, 0.15) is 79.7 Å². The summed E-state index contributed by atoms with van der Waals surface area (Å²) >= 11 is 0. The predicted octanol–water partition coefficient (Wildman–Crippen LogP) is 7.00. The fourth-order valence-corrected chi connectivity index (χ4v) is 6.85. The summed E-state index contributed by atoms with van der Waals surface area (Å²) in [6, 6.07) is 14.5. The second-order valence-electron chi connectivity index (χ2n) is 11.8. The zero-order chi connectivity index (χ0) is 28.3. The standard InChI is InChI=1S/C34H39FN2O4/c1-22(40-21-38)34(24-6-5-7-24)26-9-8-23-11-13-31(41-32(23)17-26)25-10-12-28(27(16-25)20-37-14-3-4-15-37)29-18-33(39-2)36-19-30(29)35/h8-10,12,16-19,21-22,24,31,34H,3-7,11,13-15,20H2,1-2H3/t22-,31-,34-/m0/s1. The van der Waals surface area contributed by atoms with Gasteiger partial charge in [-0.15, -0.1) is 0 Å². The molecule has 0 radical (unpaired) electrons. The van der Waals surface area contributed by atoms with Crippen LogP contribution < -0.4 is 9.47 Å². The summed E-state index contributed by atoms with van der Waals surface area (Å²) < 4.78 is 32.4. The molecule has 1 aromatic heterocycles. The number of carbonyl (C=O) groups is 1. The van der Waals surface area contributed by atoms with E-state index in [1.54, 1.807) is 13.2 Å². The number of pyridine rings is 1. The van der Waals surface area contributed by atoms with E-state index in [2.05, 4.69) is 40.2 Å². The molecule has 2 fully saturated rings. The van der Waals surface area contributed by atoms with Gasteiger partial charge in [0, 0.05) is 24.1 Å². The number of carbonyl (C=O) groups excluding carboxylic acids is 1. The Morgan fingerprint density at radius 2 is 1.90 bits per heavy atom. The first-order chi connectivity index (χ1) is 20.0.